The van der Waals surface area contributed by atoms with Gasteiger partial charge in [0.15, 0.2) is 5.82 Å². The van der Waals surface area contributed by atoms with Crippen LogP contribution in [0, 0.1) is 5.92 Å². The summed E-state index contributed by atoms with van der Waals surface area (Å²) < 4.78 is 2.04. The third-order valence-electron chi connectivity index (χ3n) is 2.45. The van der Waals surface area contributed by atoms with Crippen molar-refractivity contribution in [3.05, 3.63) is 5.82 Å². The first kappa shape index (κ1) is 12.0. The third-order valence-corrected chi connectivity index (χ3v) is 2.45. The highest BCUT2D eigenvalue weighted by Gasteiger charge is 2.19. The summed E-state index contributed by atoms with van der Waals surface area (Å²) in [6, 6.07) is -0.0511. The molecule has 15 heavy (non-hydrogen) atoms. The molecule has 1 aromatic heterocycles. The fourth-order valence-electron chi connectivity index (χ4n) is 1.46. The molecule has 0 aliphatic heterocycles. The first-order valence-electron chi connectivity index (χ1n) is 5.54. The Morgan fingerprint density at radius 2 is 2.00 bits per heavy atom. The SMILES string of the molecule is CCNc1nnc(C(N)C(C)C)n1CC. The van der Waals surface area contributed by atoms with E-state index in [2.05, 4.69) is 36.3 Å². The fourth-order valence-corrected chi connectivity index (χ4v) is 1.46. The maximum atomic E-state index is 6.07. The zero-order chi connectivity index (χ0) is 11.4. The number of rotatable bonds is 5. The maximum Gasteiger partial charge on any atom is 0.224 e. The molecule has 0 saturated heterocycles. The van der Waals surface area contributed by atoms with Gasteiger partial charge in [-0.3, -0.25) is 4.57 Å². The van der Waals surface area contributed by atoms with E-state index in [-0.39, 0.29) is 6.04 Å². The molecule has 1 atom stereocenters. The highest BCUT2D eigenvalue weighted by Crippen LogP contribution is 2.19. The number of hydrogen-bond donors (Lipinski definition) is 2. The summed E-state index contributed by atoms with van der Waals surface area (Å²) in [4.78, 5) is 0. The zero-order valence-corrected chi connectivity index (χ0v) is 9.99. The van der Waals surface area contributed by atoms with E-state index in [0.717, 1.165) is 24.9 Å². The van der Waals surface area contributed by atoms with E-state index in [0.29, 0.717) is 5.92 Å². The molecule has 86 valence electrons. The summed E-state index contributed by atoms with van der Waals surface area (Å²) in [7, 11) is 0. The monoisotopic (exact) mass is 211 g/mol. The molecule has 1 aromatic rings. The van der Waals surface area contributed by atoms with Crippen LogP contribution in [0.15, 0.2) is 0 Å². The van der Waals surface area contributed by atoms with Crippen molar-refractivity contribution in [2.75, 3.05) is 11.9 Å². The van der Waals surface area contributed by atoms with Crippen molar-refractivity contribution in [3.8, 4) is 0 Å². The molecule has 1 unspecified atom stereocenters. The topological polar surface area (TPSA) is 68.8 Å². The van der Waals surface area contributed by atoms with E-state index in [1.165, 1.54) is 0 Å². The van der Waals surface area contributed by atoms with Crippen molar-refractivity contribution in [1.29, 1.82) is 0 Å². The summed E-state index contributed by atoms with van der Waals surface area (Å²) in [5, 5.41) is 11.4. The predicted octanol–water partition coefficient (Wildman–Crippen LogP) is 1.39. The van der Waals surface area contributed by atoms with Crippen molar-refractivity contribution in [2.45, 2.75) is 40.3 Å². The predicted molar refractivity (Wildman–Crippen MR) is 61.6 cm³/mol. The lowest BCUT2D eigenvalue weighted by Crippen LogP contribution is -2.22. The Kier molecular flexibility index (Phi) is 4.08. The molecule has 0 aromatic carbocycles. The molecule has 5 nitrogen and oxygen atoms in total. The second kappa shape index (κ2) is 5.11. The van der Waals surface area contributed by atoms with E-state index in [1.807, 2.05) is 11.5 Å². The van der Waals surface area contributed by atoms with Gasteiger partial charge in [0.05, 0.1) is 6.04 Å². The lowest BCUT2D eigenvalue weighted by atomic mass is 10.1. The molecular weight excluding hydrogens is 190 g/mol. The number of nitrogens with one attached hydrogen (secondary N) is 1. The van der Waals surface area contributed by atoms with Gasteiger partial charge in [0.2, 0.25) is 5.95 Å². The standard InChI is InChI=1S/C10H21N5/c1-5-12-10-14-13-9(15(10)6-2)8(11)7(3)4/h7-8H,5-6,11H2,1-4H3,(H,12,14). The first-order valence-corrected chi connectivity index (χ1v) is 5.54. The number of nitrogens with two attached hydrogens (primary N) is 1. The average Bonchev–Trinajstić information content (AvgIpc) is 2.60. The molecule has 0 spiro atoms. The van der Waals surface area contributed by atoms with E-state index in [1.54, 1.807) is 0 Å². The molecule has 3 N–H and O–H groups in total. The smallest absolute Gasteiger partial charge is 0.224 e. The van der Waals surface area contributed by atoms with Gasteiger partial charge in [-0.15, -0.1) is 10.2 Å². The minimum Gasteiger partial charge on any atom is -0.355 e. The van der Waals surface area contributed by atoms with Gasteiger partial charge in [0, 0.05) is 13.1 Å². The molecule has 5 heteroatoms. The van der Waals surface area contributed by atoms with Crippen molar-refractivity contribution in [3.63, 3.8) is 0 Å². The number of hydrogen-bond acceptors (Lipinski definition) is 4. The quantitative estimate of drug-likeness (QED) is 0.772. The van der Waals surface area contributed by atoms with Crippen LogP contribution in [0.2, 0.25) is 0 Å². The second-order valence-corrected chi connectivity index (χ2v) is 3.93. The summed E-state index contributed by atoms with van der Waals surface area (Å²) in [6.07, 6.45) is 0. The number of anilines is 1. The van der Waals surface area contributed by atoms with E-state index in [9.17, 15) is 0 Å². The largest absolute Gasteiger partial charge is 0.355 e. The van der Waals surface area contributed by atoms with Crippen molar-refractivity contribution >= 4 is 5.95 Å². The van der Waals surface area contributed by atoms with Crippen LogP contribution in [0.1, 0.15) is 39.6 Å². The Balaban J connectivity index is 2.98. The van der Waals surface area contributed by atoms with Crippen molar-refractivity contribution in [1.82, 2.24) is 14.8 Å². The Bertz CT molecular complexity index is 305. The molecule has 0 radical (unpaired) electrons. The van der Waals surface area contributed by atoms with Crippen LogP contribution in [0.3, 0.4) is 0 Å². The molecule has 1 heterocycles. The zero-order valence-electron chi connectivity index (χ0n) is 9.99. The van der Waals surface area contributed by atoms with E-state index < -0.39 is 0 Å². The highest BCUT2D eigenvalue weighted by atomic mass is 15.4. The van der Waals surface area contributed by atoms with E-state index >= 15 is 0 Å². The van der Waals surface area contributed by atoms with Gasteiger partial charge in [0.25, 0.3) is 0 Å². The average molecular weight is 211 g/mol. The summed E-state index contributed by atoms with van der Waals surface area (Å²) in [5.74, 6) is 2.04. The second-order valence-electron chi connectivity index (χ2n) is 3.93. The molecule has 0 saturated carbocycles. The van der Waals surface area contributed by atoms with Gasteiger partial charge in [-0.2, -0.15) is 0 Å². The molecular formula is C10H21N5. The number of nitrogens with zero attached hydrogens (tertiary/aromatic N) is 3. The van der Waals surface area contributed by atoms with Gasteiger partial charge in [-0.1, -0.05) is 13.8 Å². The molecule has 0 fully saturated rings. The maximum absolute atomic E-state index is 6.07. The van der Waals surface area contributed by atoms with Gasteiger partial charge >= 0.3 is 0 Å². The Labute approximate surface area is 91.1 Å². The molecule has 0 aliphatic carbocycles. The van der Waals surface area contributed by atoms with Crippen LogP contribution < -0.4 is 11.1 Å². The van der Waals surface area contributed by atoms with Crippen LogP contribution in [-0.4, -0.2) is 21.3 Å². The summed E-state index contributed by atoms with van der Waals surface area (Å²) in [5.41, 5.74) is 6.07. The molecule has 1 rings (SSSR count). The lowest BCUT2D eigenvalue weighted by Gasteiger charge is -2.16. The van der Waals surface area contributed by atoms with Crippen LogP contribution >= 0.6 is 0 Å². The summed E-state index contributed by atoms with van der Waals surface area (Å²) >= 11 is 0. The van der Waals surface area contributed by atoms with Gasteiger partial charge in [-0.25, -0.2) is 0 Å². The minimum atomic E-state index is -0.0511. The molecule has 0 amide bonds. The van der Waals surface area contributed by atoms with Crippen molar-refractivity contribution < 1.29 is 0 Å². The van der Waals surface area contributed by atoms with Crippen LogP contribution in [0.25, 0.3) is 0 Å². The molecule has 0 bridgehead atoms. The van der Waals surface area contributed by atoms with Crippen LogP contribution in [0.4, 0.5) is 5.95 Å². The van der Waals surface area contributed by atoms with Gasteiger partial charge in [0.1, 0.15) is 0 Å². The van der Waals surface area contributed by atoms with Crippen LogP contribution in [-0.2, 0) is 6.54 Å². The Hall–Kier alpha value is -1.10. The molecule has 0 aliphatic rings. The Morgan fingerprint density at radius 3 is 2.47 bits per heavy atom. The Morgan fingerprint density at radius 1 is 1.33 bits per heavy atom. The third kappa shape index (κ3) is 2.47. The van der Waals surface area contributed by atoms with Crippen LogP contribution in [0.5, 0.6) is 0 Å². The fraction of sp³-hybridized carbons (Fsp3) is 0.800. The van der Waals surface area contributed by atoms with Gasteiger partial charge in [-0.05, 0) is 19.8 Å². The lowest BCUT2D eigenvalue weighted by molar-refractivity contribution is 0.469. The number of aromatic nitrogens is 3. The first-order chi connectivity index (χ1) is 7.11. The van der Waals surface area contributed by atoms with E-state index in [4.69, 9.17) is 5.73 Å². The van der Waals surface area contributed by atoms with Crippen molar-refractivity contribution in [2.24, 2.45) is 11.7 Å². The normalized spacial score (nSPS) is 13.2. The highest BCUT2D eigenvalue weighted by molar-refractivity contribution is 5.26. The summed E-state index contributed by atoms with van der Waals surface area (Å²) in [6.45, 7) is 9.97. The minimum absolute atomic E-state index is 0.0511. The van der Waals surface area contributed by atoms with Gasteiger partial charge < -0.3 is 11.1 Å².